The fourth-order valence-corrected chi connectivity index (χ4v) is 6.23. The van der Waals surface area contributed by atoms with Crippen LogP contribution in [0.1, 0.15) is 174 Å². The first-order chi connectivity index (χ1) is 32.2. The Morgan fingerprint density at radius 1 is 0.385 bits per heavy atom. The van der Waals surface area contributed by atoms with Crippen molar-refractivity contribution in [2.24, 2.45) is 0 Å². The van der Waals surface area contributed by atoms with Gasteiger partial charge in [-0.2, -0.15) is 0 Å². The number of aliphatic hydroxyl groups is 2. The number of hydrogen-bond acceptors (Lipinski definition) is 3. The molecular formula is C61H93NO3. The zero-order valence-corrected chi connectivity index (χ0v) is 41.2. The van der Waals surface area contributed by atoms with Crippen molar-refractivity contribution in [3.63, 3.8) is 0 Å². The molecule has 1 amide bonds. The molecule has 0 aromatic rings. The van der Waals surface area contributed by atoms with Crippen LogP contribution in [0.3, 0.4) is 0 Å². The van der Waals surface area contributed by atoms with E-state index in [-0.39, 0.29) is 12.5 Å². The number of amides is 1. The first-order valence-electron chi connectivity index (χ1n) is 25.5. The zero-order chi connectivity index (χ0) is 47.0. The van der Waals surface area contributed by atoms with E-state index in [0.29, 0.717) is 6.42 Å². The van der Waals surface area contributed by atoms with Gasteiger partial charge in [0.25, 0.3) is 0 Å². The number of hydrogen-bond donors (Lipinski definition) is 3. The maximum absolute atomic E-state index is 12.4. The minimum absolute atomic E-state index is 0.114. The Bertz CT molecular complexity index is 1520. The number of carbonyl (C=O) groups is 1. The first-order valence-corrected chi connectivity index (χ1v) is 25.5. The van der Waals surface area contributed by atoms with E-state index < -0.39 is 12.1 Å². The molecule has 0 spiro atoms. The van der Waals surface area contributed by atoms with Gasteiger partial charge in [-0.3, -0.25) is 4.79 Å². The normalized spacial score (nSPS) is 14.5. The van der Waals surface area contributed by atoms with Gasteiger partial charge in [0.05, 0.1) is 18.8 Å². The maximum Gasteiger partial charge on any atom is 0.220 e. The number of carbonyl (C=O) groups excluding carboxylic acids is 1. The lowest BCUT2D eigenvalue weighted by molar-refractivity contribution is -0.123. The van der Waals surface area contributed by atoms with Gasteiger partial charge in [-0.25, -0.2) is 0 Å². The standard InChI is InChI=1S/C61H93NO3/c1-3-5-7-9-11-13-15-17-18-19-20-21-22-23-24-25-26-27-28-29-30-31-32-33-34-35-36-37-38-39-40-41-42-43-44-45-47-49-51-53-55-57-61(65)62-59(58-63)60(64)56-54-52-50-48-46-16-14-12-10-8-6-4-2/h5,7,10-13,17-18,20-21,23-24,26-27,29-30,32-33,35-36,38-39,41-42,44-46,48,54,56,59-60,63-64H,3-4,6,8-9,14-16,19,22,25,28,31,34,37,40,43,47,49-53,55,57-58H2,1-2H3,(H,62,65)/b7-5-,12-10+,13-11-,18-17-,21-20-,24-23-,27-26-,30-29-,33-32-,36-35-,39-38-,42-41-,45-44-,48-46+,56-54+. The Labute approximate surface area is 400 Å². The van der Waals surface area contributed by atoms with Crippen LogP contribution in [0.2, 0.25) is 0 Å². The number of nitrogens with one attached hydrogen (secondary N) is 1. The third kappa shape index (κ3) is 50.4. The van der Waals surface area contributed by atoms with Crippen LogP contribution >= 0.6 is 0 Å². The smallest absolute Gasteiger partial charge is 0.220 e. The van der Waals surface area contributed by atoms with E-state index in [9.17, 15) is 15.0 Å². The van der Waals surface area contributed by atoms with Crippen LogP contribution in [0.15, 0.2) is 182 Å². The summed E-state index contributed by atoms with van der Waals surface area (Å²) in [4.78, 5) is 12.4. The summed E-state index contributed by atoms with van der Waals surface area (Å²) in [6.45, 7) is 4.09. The topological polar surface area (TPSA) is 69.6 Å². The van der Waals surface area contributed by atoms with Gasteiger partial charge in [-0.05, 0) is 128 Å². The van der Waals surface area contributed by atoms with Crippen molar-refractivity contribution in [2.45, 2.75) is 187 Å². The van der Waals surface area contributed by atoms with Gasteiger partial charge < -0.3 is 15.5 Å². The molecule has 0 radical (unpaired) electrons. The molecule has 0 aliphatic carbocycles. The summed E-state index contributed by atoms with van der Waals surface area (Å²) >= 11 is 0. The molecule has 360 valence electrons. The Hall–Kier alpha value is -4.51. The van der Waals surface area contributed by atoms with E-state index in [1.54, 1.807) is 6.08 Å². The molecule has 2 atom stereocenters. The van der Waals surface area contributed by atoms with E-state index in [4.69, 9.17) is 0 Å². The molecule has 0 aliphatic heterocycles. The van der Waals surface area contributed by atoms with Crippen molar-refractivity contribution < 1.29 is 15.0 Å². The average molecular weight is 888 g/mol. The van der Waals surface area contributed by atoms with Crippen molar-refractivity contribution >= 4 is 5.91 Å². The molecule has 3 N–H and O–H groups in total. The summed E-state index contributed by atoms with van der Waals surface area (Å²) in [5.74, 6) is -0.114. The summed E-state index contributed by atoms with van der Waals surface area (Å²) in [6.07, 6.45) is 90.2. The van der Waals surface area contributed by atoms with Crippen LogP contribution < -0.4 is 5.32 Å². The van der Waals surface area contributed by atoms with E-state index in [2.05, 4.69) is 189 Å². The SMILES string of the molecule is CC/C=C\C/C=C\C/C=C\C/C=C\C/C=C\C/C=C\C/C=C\C/C=C\C/C=C\C/C=C\C/C=C\C/C=C\CCCCCCC(=O)NC(CO)C(O)/C=C/CC/C=C/CC/C=C/CCCC. The predicted molar refractivity (Wildman–Crippen MR) is 289 cm³/mol. The second-order valence-electron chi connectivity index (χ2n) is 16.1. The summed E-state index contributed by atoms with van der Waals surface area (Å²) in [5, 5.41) is 22.9. The highest BCUT2D eigenvalue weighted by Gasteiger charge is 2.17. The first kappa shape index (κ1) is 60.5. The average Bonchev–Trinajstić information content (AvgIpc) is 3.31. The van der Waals surface area contributed by atoms with Crippen molar-refractivity contribution in [3.05, 3.63) is 182 Å². The van der Waals surface area contributed by atoms with Crippen LogP contribution in [0.5, 0.6) is 0 Å². The molecule has 0 aliphatic rings. The molecule has 0 aromatic carbocycles. The number of aliphatic hydroxyl groups excluding tert-OH is 2. The largest absolute Gasteiger partial charge is 0.394 e. The summed E-state index contributed by atoms with van der Waals surface area (Å²) < 4.78 is 0. The minimum Gasteiger partial charge on any atom is -0.394 e. The Morgan fingerprint density at radius 2 is 0.692 bits per heavy atom. The van der Waals surface area contributed by atoms with Crippen LogP contribution in [-0.4, -0.2) is 34.9 Å². The summed E-state index contributed by atoms with van der Waals surface area (Å²) in [7, 11) is 0. The van der Waals surface area contributed by atoms with Gasteiger partial charge in [0.1, 0.15) is 0 Å². The van der Waals surface area contributed by atoms with Gasteiger partial charge in [-0.1, -0.05) is 222 Å². The number of allylic oxidation sites excluding steroid dienone is 29. The lowest BCUT2D eigenvalue weighted by Gasteiger charge is -2.19. The van der Waals surface area contributed by atoms with E-state index in [1.165, 1.54) is 19.3 Å². The number of rotatable bonds is 43. The molecule has 0 heterocycles. The van der Waals surface area contributed by atoms with Gasteiger partial charge in [0.2, 0.25) is 5.91 Å². The lowest BCUT2D eigenvalue weighted by Crippen LogP contribution is -2.45. The fourth-order valence-electron chi connectivity index (χ4n) is 6.23. The third-order valence-electron chi connectivity index (χ3n) is 10.1. The van der Waals surface area contributed by atoms with Gasteiger partial charge in [0, 0.05) is 6.42 Å². The molecule has 0 saturated heterocycles. The van der Waals surface area contributed by atoms with Crippen LogP contribution in [0, 0.1) is 0 Å². The molecule has 65 heavy (non-hydrogen) atoms. The van der Waals surface area contributed by atoms with Gasteiger partial charge >= 0.3 is 0 Å². The molecule has 0 rings (SSSR count). The molecule has 2 unspecified atom stereocenters. The molecule has 0 saturated carbocycles. The lowest BCUT2D eigenvalue weighted by atomic mass is 10.1. The minimum atomic E-state index is -0.893. The van der Waals surface area contributed by atoms with E-state index in [0.717, 1.165) is 135 Å². The van der Waals surface area contributed by atoms with Crippen molar-refractivity contribution in [2.75, 3.05) is 6.61 Å². The van der Waals surface area contributed by atoms with Gasteiger partial charge in [0.15, 0.2) is 0 Å². The summed E-state index contributed by atoms with van der Waals surface area (Å²) in [5.41, 5.74) is 0. The Balaban J connectivity index is 3.76. The van der Waals surface area contributed by atoms with E-state index in [1.807, 2.05) is 6.08 Å². The Morgan fingerprint density at radius 3 is 1.06 bits per heavy atom. The van der Waals surface area contributed by atoms with Gasteiger partial charge in [-0.15, -0.1) is 0 Å². The Kier molecular flexibility index (Phi) is 50.1. The molecule has 0 fully saturated rings. The predicted octanol–water partition coefficient (Wildman–Crippen LogP) is 17.0. The second-order valence-corrected chi connectivity index (χ2v) is 16.1. The van der Waals surface area contributed by atoms with Crippen LogP contribution in [0.4, 0.5) is 0 Å². The highest BCUT2D eigenvalue weighted by Crippen LogP contribution is 2.08. The van der Waals surface area contributed by atoms with Crippen LogP contribution in [0.25, 0.3) is 0 Å². The van der Waals surface area contributed by atoms with Crippen LogP contribution in [-0.2, 0) is 4.79 Å². The highest BCUT2D eigenvalue weighted by atomic mass is 16.3. The zero-order valence-electron chi connectivity index (χ0n) is 41.2. The van der Waals surface area contributed by atoms with Crippen molar-refractivity contribution in [3.8, 4) is 0 Å². The summed E-state index contributed by atoms with van der Waals surface area (Å²) in [6, 6.07) is -0.672. The maximum atomic E-state index is 12.4. The molecular weight excluding hydrogens is 795 g/mol. The molecule has 0 aromatic heterocycles. The fraction of sp³-hybridized carbons (Fsp3) is 0.492. The van der Waals surface area contributed by atoms with Crippen molar-refractivity contribution in [1.29, 1.82) is 0 Å². The molecule has 4 heteroatoms. The third-order valence-corrected chi connectivity index (χ3v) is 10.1. The number of unbranched alkanes of at least 4 members (excludes halogenated alkanes) is 8. The second kappa shape index (κ2) is 53.8. The van der Waals surface area contributed by atoms with E-state index >= 15 is 0 Å². The van der Waals surface area contributed by atoms with Crippen molar-refractivity contribution in [1.82, 2.24) is 5.32 Å². The molecule has 4 nitrogen and oxygen atoms in total. The quantitative estimate of drug-likeness (QED) is 0.0422. The molecule has 0 bridgehead atoms. The highest BCUT2D eigenvalue weighted by molar-refractivity contribution is 5.76. The monoisotopic (exact) mass is 888 g/mol.